The van der Waals surface area contributed by atoms with Crippen LogP contribution in [-0.4, -0.2) is 77.3 Å². The van der Waals surface area contributed by atoms with Crippen molar-refractivity contribution in [1.82, 2.24) is 44.6 Å². The number of hydrogen-bond acceptors (Lipinski definition) is 11. The van der Waals surface area contributed by atoms with E-state index >= 15 is 0 Å². The second-order valence-corrected chi connectivity index (χ2v) is 11.9. The first-order valence-corrected chi connectivity index (χ1v) is 15.9. The number of alkyl halides is 3. The highest BCUT2D eigenvalue weighted by atomic mass is 19.4. The topological polar surface area (TPSA) is 150 Å². The van der Waals surface area contributed by atoms with Crippen molar-refractivity contribution in [2.75, 3.05) is 37.4 Å². The van der Waals surface area contributed by atoms with Gasteiger partial charge < -0.3 is 25.0 Å². The molecule has 1 unspecified atom stereocenters. The van der Waals surface area contributed by atoms with Crippen LogP contribution in [-0.2, 0) is 18.0 Å². The second kappa shape index (κ2) is 12.9. The van der Waals surface area contributed by atoms with E-state index < -0.39 is 23.3 Å². The normalized spacial score (nSPS) is 16.7. The third-order valence-electron chi connectivity index (χ3n) is 8.55. The fraction of sp³-hybridized carbons (Fsp3) is 0.406. The van der Waals surface area contributed by atoms with Crippen molar-refractivity contribution in [3.8, 4) is 17.1 Å². The number of carbonyl (C=O) groups is 1. The Bertz CT molecular complexity index is 2010. The van der Waals surface area contributed by atoms with Gasteiger partial charge in [-0.25, -0.2) is 15.0 Å². The summed E-state index contributed by atoms with van der Waals surface area (Å²) >= 11 is 0. The van der Waals surface area contributed by atoms with Gasteiger partial charge in [-0.2, -0.15) is 18.0 Å². The van der Waals surface area contributed by atoms with Crippen LogP contribution in [0.3, 0.4) is 0 Å². The molecule has 2 aliphatic rings. The lowest BCUT2D eigenvalue weighted by atomic mass is 10.1. The Morgan fingerprint density at radius 2 is 1.82 bits per heavy atom. The minimum absolute atomic E-state index is 0.131. The van der Waals surface area contributed by atoms with Gasteiger partial charge in [-0.15, -0.1) is 10.2 Å². The number of pyridine rings is 2. The highest BCUT2D eigenvalue weighted by Crippen LogP contribution is 2.40. The van der Waals surface area contributed by atoms with E-state index in [2.05, 4.69) is 31.0 Å². The molecule has 256 valence electrons. The number of tetrazole rings is 1. The molecule has 7 rings (SSSR count). The average molecular weight is 678 g/mol. The lowest BCUT2D eigenvalue weighted by Gasteiger charge is -2.25. The Morgan fingerprint density at radius 3 is 2.51 bits per heavy atom. The number of hydrogen-bond donors (Lipinski definition) is 2. The molecule has 1 amide bonds. The number of likely N-dealkylation sites (tertiary alicyclic amines) is 1. The SMILES string of the molecule is COc1c(Nc2cc(Nc3ccc(C(=O)N4CCCC4)c(C(F)(F)F)n3)nc3c2nc(C)n3C2CCCCO2)cccc1-c1nnn(C)n1. The predicted octanol–water partition coefficient (Wildman–Crippen LogP) is 5.77. The fourth-order valence-corrected chi connectivity index (χ4v) is 6.31. The summed E-state index contributed by atoms with van der Waals surface area (Å²) in [4.78, 5) is 29.3. The first-order valence-electron chi connectivity index (χ1n) is 15.9. The van der Waals surface area contributed by atoms with Crippen LogP contribution in [0.25, 0.3) is 22.6 Å². The number of halogens is 3. The van der Waals surface area contributed by atoms with Gasteiger partial charge in [0, 0.05) is 25.8 Å². The molecule has 2 saturated heterocycles. The van der Waals surface area contributed by atoms with Crippen LogP contribution in [0.4, 0.5) is 36.2 Å². The summed E-state index contributed by atoms with van der Waals surface area (Å²) in [5, 5.41) is 18.7. The molecule has 2 N–H and O–H groups in total. The van der Waals surface area contributed by atoms with E-state index in [1.807, 2.05) is 11.5 Å². The predicted molar refractivity (Wildman–Crippen MR) is 173 cm³/mol. The zero-order chi connectivity index (χ0) is 34.3. The van der Waals surface area contributed by atoms with Crippen molar-refractivity contribution < 1.29 is 27.4 Å². The van der Waals surface area contributed by atoms with Gasteiger partial charge in [0.15, 0.2) is 17.1 Å². The summed E-state index contributed by atoms with van der Waals surface area (Å²) in [6.45, 7) is 3.26. The van der Waals surface area contributed by atoms with E-state index in [0.29, 0.717) is 65.2 Å². The maximum atomic E-state index is 14.3. The molecule has 2 aliphatic heterocycles. The number of anilines is 4. The number of aryl methyl sites for hydroxylation is 2. The quantitative estimate of drug-likeness (QED) is 0.206. The number of nitrogens with zero attached hydrogens (tertiary/aromatic N) is 9. The standard InChI is InChI=1S/C32H34F3N11O3/c1-18-36-26-22(37-21-10-8-9-19(27(21)48-3)29-41-43-44(2)42-29)17-24(40-30(26)46(18)25-11-4-7-16-49-25)38-23-13-12-20(28(39-23)32(33,34)35)31(47)45-14-5-6-15-45/h8-10,12-13,17,25H,4-7,11,14-16H2,1-3H3,(H2,37,38,39,40). The fourth-order valence-electron chi connectivity index (χ4n) is 6.31. The summed E-state index contributed by atoms with van der Waals surface area (Å²) in [5.41, 5.74) is 0.855. The molecule has 0 saturated carbocycles. The van der Waals surface area contributed by atoms with Crippen LogP contribution in [0.1, 0.15) is 60.2 Å². The number of carbonyl (C=O) groups excluding carboxylic acids is 1. The smallest absolute Gasteiger partial charge is 0.434 e. The number of fused-ring (bicyclic) bond motifs is 1. The molecule has 6 heterocycles. The molecule has 49 heavy (non-hydrogen) atoms. The number of methoxy groups -OCH3 is 1. The Hall–Kier alpha value is -5.32. The third-order valence-corrected chi connectivity index (χ3v) is 8.55. The lowest BCUT2D eigenvalue weighted by molar-refractivity contribution is -0.141. The molecular weight excluding hydrogens is 643 g/mol. The van der Waals surface area contributed by atoms with Crippen molar-refractivity contribution in [2.24, 2.45) is 7.05 Å². The molecule has 1 atom stereocenters. The molecule has 1 aromatic carbocycles. The van der Waals surface area contributed by atoms with E-state index in [1.165, 1.54) is 22.9 Å². The Morgan fingerprint density at radius 1 is 1.00 bits per heavy atom. The number of aromatic nitrogens is 8. The number of para-hydroxylation sites is 1. The zero-order valence-corrected chi connectivity index (χ0v) is 27.1. The molecule has 0 bridgehead atoms. The van der Waals surface area contributed by atoms with Crippen molar-refractivity contribution in [1.29, 1.82) is 0 Å². The molecule has 0 aliphatic carbocycles. The monoisotopic (exact) mass is 677 g/mol. The molecule has 4 aromatic heterocycles. The van der Waals surface area contributed by atoms with Crippen LogP contribution in [0.15, 0.2) is 36.4 Å². The second-order valence-electron chi connectivity index (χ2n) is 11.9. The van der Waals surface area contributed by atoms with Crippen molar-refractivity contribution in [3.63, 3.8) is 0 Å². The highest BCUT2D eigenvalue weighted by molar-refractivity contribution is 5.96. The zero-order valence-electron chi connectivity index (χ0n) is 27.1. The maximum absolute atomic E-state index is 14.3. The minimum atomic E-state index is -4.86. The summed E-state index contributed by atoms with van der Waals surface area (Å²) in [7, 11) is 3.18. The van der Waals surface area contributed by atoms with Crippen molar-refractivity contribution in [3.05, 3.63) is 53.5 Å². The van der Waals surface area contributed by atoms with Gasteiger partial charge in [-0.05, 0) is 68.5 Å². The highest BCUT2D eigenvalue weighted by Gasteiger charge is 2.39. The van der Waals surface area contributed by atoms with Crippen LogP contribution in [0.2, 0.25) is 0 Å². The van der Waals surface area contributed by atoms with Gasteiger partial charge in [0.05, 0.1) is 36.7 Å². The number of benzene rings is 1. The third kappa shape index (κ3) is 6.32. The number of ether oxygens (including phenoxy) is 2. The Balaban J connectivity index is 1.32. The Labute approximate surface area is 278 Å². The summed E-state index contributed by atoms with van der Waals surface area (Å²) < 4.78 is 56.6. The van der Waals surface area contributed by atoms with Gasteiger partial charge >= 0.3 is 6.18 Å². The first kappa shape index (κ1) is 32.2. The van der Waals surface area contributed by atoms with Crippen LogP contribution < -0.4 is 15.4 Å². The van der Waals surface area contributed by atoms with Crippen LogP contribution in [0, 0.1) is 6.92 Å². The Kier molecular flexibility index (Phi) is 8.52. The van der Waals surface area contributed by atoms with E-state index in [1.54, 1.807) is 31.3 Å². The number of nitrogens with one attached hydrogen (secondary N) is 2. The molecule has 2 fully saturated rings. The molecule has 5 aromatic rings. The van der Waals surface area contributed by atoms with E-state index in [4.69, 9.17) is 19.4 Å². The first-order chi connectivity index (χ1) is 23.6. The van der Waals surface area contributed by atoms with Gasteiger partial charge in [0.25, 0.3) is 5.91 Å². The minimum Gasteiger partial charge on any atom is -0.494 e. The van der Waals surface area contributed by atoms with Gasteiger partial charge in [0.2, 0.25) is 5.82 Å². The summed E-state index contributed by atoms with van der Waals surface area (Å²) in [5.74, 6) is 0.829. The summed E-state index contributed by atoms with van der Waals surface area (Å²) in [6.07, 6.45) is -1.03. The van der Waals surface area contributed by atoms with Crippen molar-refractivity contribution >= 4 is 40.1 Å². The van der Waals surface area contributed by atoms with Crippen LogP contribution >= 0.6 is 0 Å². The van der Waals surface area contributed by atoms with E-state index in [9.17, 15) is 18.0 Å². The van der Waals surface area contributed by atoms with Gasteiger partial charge in [-0.3, -0.25) is 9.36 Å². The molecule has 0 radical (unpaired) electrons. The molecular formula is C32H34F3N11O3. The van der Waals surface area contributed by atoms with Gasteiger partial charge in [0.1, 0.15) is 29.2 Å². The molecule has 17 heteroatoms. The van der Waals surface area contributed by atoms with Crippen LogP contribution in [0.5, 0.6) is 5.75 Å². The van der Waals surface area contributed by atoms with E-state index in [-0.39, 0.29) is 17.9 Å². The van der Waals surface area contributed by atoms with E-state index in [0.717, 1.165) is 38.2 Å². The summed E-state index contributed by atoms with van der Waals surface area (Å²) in [6, 6.07) is 9.56. The average Bonchev–Trinajstić information content (AvgIpc) is 3.85. The number of imidazole rings is 1. The van der Waals surface area contributed by atoms with Gasteiger partial charge in [-0.1, -0.05) is 6.07 Å². The number of amides is 1. The lowest BCUT2D eigenvalue weighted by Crippen LogP contribution is -2.30. The largest absolute Gasteiger partial charge is 0.494 e. The molecule has 0 spiro atoms. The molecule has 14 nitrogen and oxygen atoms in total. The number of rotatable bonds is 8. The van der Waals surface area contributed by atoms with Crippen molar-refractivity contribution in [2.45, 2.75) is 51.4 Å². The maximum Gasteiger partial charge on any atom is 0.434 e.